The minimum atomic E-state index is -0.633. The number of hydrogen-bond acceptors (Lipinski definition) is 3. The molecule has 0 aromatic heterocycles. The van der Waals surface area contributed by atoms with Crippen LogP contribution in [0.2, 0.25) is 0 Å². The van der Waals surface area contributed by atoms with Crippen molar-refractivity contribution in [2.45, 2.75) is 6.54 Å². The van der Waals surface area contributed by atoms with E-state index in [0.29, 0.717) is 18.0 Å². The van der Waals surface area contributed by atoms with Crippen molar-refractivity contribution in [1.82, 2.24) is 0 Å². The fraction of sp³-hybridized carbons (Fsp3) is 0.143. The highest BCUT2D eigenvalue weighted by Crippen LogP contribution is 2.33. The minimum Gasteiger partial charge on any atom is -0.454 e. The van der Waals surface area contributed by atoms with E-state index in [-0.39, 0.29) is 17.0 Å². The average Bonchev–Trinajstić information content (AvgIpc) is 2.89. The van der Waals surface area contributed by atoms with Crippen molar-refractivity contribution in [3.05, 3.63) is 52.0 Å². The molecule has 2 aromatic carbocycles. The maximum atomic E-state index is 13.6. The van der Waals surface area contributed by atoms with Gasteiger partial charge < -0.3 is 14.8 Å². The number of nitrogens with one attached hydrogen (secondary N) is 1. The molecule has 3 nitrogen and oxygen atoms in total. The van der Waals surface area contributed by atoms with Gasteiger partial charge in [0, 0.05) is 12.6 Å². The number of fused-ring (bicyclic) bond motifs is 1. The summed E-state index contributed by atoms with van der Waals surface area (Å²) in [6.07, 6.45) is 0. The molecule has 0 aliphatic carbocycles. The SMILES string of the molecule is Fc1cc(F)c(NCc2ccc3c(c2)OCO3)cc1Br. The highest BCUT2D eigenvalue weighted by atomic mass is 79.9. The molecule has 0 saturated heterocycles. The molecule has 0 radical (unpaired) electrons. The van der Waals surface area contributed by atoms with Crippen molar-refractivity contribution in [3.63, 3.8) is 0 Å². The Morgan fingerprint density at radius 1 is 1.05 bits per heavy atom. The quantitative estimate of drug-likeness (QED) is 0.853. The van der Waals surface area contributed by atoms with E-state index in [2.05, 4.69) is 21.2 Å². The molecular weight excluding hydrogens is 332 g/mol. The second-order valence-corrected chi connectivity index (χ2v) is 5.14. The minimum absolute atomic E-state index is 0.214. The van der Waals surface area contributed by atoms with Crippen LogP contribution in [0.15, 0.2) is 34.8 Å². The smallest absolute Gasteiger partial charge is 0.231 e. The van der Waals surface area contributed by atoms with Crippen molar-refractivity contribution in [1.29, 1.82) is 0 Å². The number of ether oxygens (including phenoxy) is 2. The van der Waals surface area contributed by atoms with Gasteiger partial charge in [-0.05, 0) is 39.7 Å². The van der Waals surface area contributed by atoms with E-state index in [1.54, 1.807) is 6.07 Å². The summed E-state index contributed by atoms with van der Waals surface area (Å²) >= 11 is 3.03. The van der Waals surface area contributed by atoms with Crippen LogP contribution in [0.5, 0.6) is 11.5 Å². The summed E-state index contributed by atoms with van der Waals surface area (Å²) in [5.41, 5.74) is 1.14. The molecule has 0 atom stereocenters. The lowest BCUT2D eigenvalue weighted by atomic mass is 10.2. The second-order valence-electron chi connectivity index (χ2n) is 4.29. The van der Waals surface area contributed by atoms with Crippen LogP contribution in [0.25, 0.3) is 0 Å². The third-order valence-corrected chi connectivity index (χ3v) is 3.54. The number of halogens is 3. The topological polar surface area (TPSA) is 30.5 Å². The largest absolute Gasteiger partial charge is 0.454 e. The van der Waals surface area contributed by atoms with Crippen molar-refractivity contribution >= 4 is 21.6 Å². The maximum Gasteiger partial charge on any atom is 0.231 e. The Morgan fingerprint density at radius 3 is 2.70 bits per heavy atom. The van der Waals surface area contributed by atoms with Gasteiger partial charge in [0.25, 0.3) is 0 Å². The van der Waals surface area contributed by atoms with Crippen LogP contribution in [0.3, 0.4) is 0 Å². The molecule has 0 amide bonds. The predicted octanol–water partition coefficient (Wildman–Crippen LogP) is 4.07. The van der Waals surface area contributed by atoms with Crippen LogP contribution in [-0.2, 0) is 6.54 Å². The first-order valence-corrected chi connectivity index (χ1v) is 6.70. The van der Waals surface area contributed by atoms with Crippen molar-refractivity contribution in [2.75, 3.05) is 12.1 Å². The summed E-state index contributed by atoms with van der Waals surface area (Å²) in [4.78, 5) is 0. The lowest BCUT2D eigenvalue weighted by molar-refractivity contribution is 0.174. The van der Waals surface area contributed by atoms with E-state index in [1.807, 2.05) is 12.1 Å². The van der Waals surface area contributed by atoms with Gasteiger partial charge in [0.1, 0.15) is 11.6 Å². The van der Waals surface area contributed by atoms with E-state index >= 15 is 0 Å². The van der Waals surface area contributed by atoms with Gasteiger partial charge in [0.2, 0.25) is 6.79 Å². The molecular formula is C14H10BrF2NO2. The Morgan fingerprint density at radius 2 is 1.85 bits per heavy atom. The summed E-state index contributed by atoms with van der Waals surface area (Å²) in [6.45, 7) is 0.609. The van der Waals surface area contributed by atoms with Crippen LogP contribution in [-0.4, -0.2) is 6.79 Å². The molecule has 0 fully saturated rings. The van der Waals surface area contributed by atoms with Gasteiger partial charge in [0.15, 0.2) is 11.5 Å². The molecule has 1 heterocycles. The Hall–Kier alpha value is -1.82. The van der Waals surface area contributed by atoms with E-state index < -0.39 is 11.6 Å². The van der Waals surface area contributed by atoms with Gasteiger partial charge >= 0.3 is 0 Å². The fourth-order valence-corrected chi connectivity index (χ4v) is 2.25. The maximum absolute atomic E-state index is 13.6. The van der Waals surface area contributed by atoms with Gasteiger partial charge in [-0.2, -0.15) is 0 Å². The zero-order chi connectivity index (χ0) is 14.1. The average molecular weight is 342 g/mol. The summed E-state index contributed by atoms with van der Waals surface area (Å²) in [5.74, 6) is 0.108. The van der Waals surface area contributed by atoms with Gasteiger partial charge in [-0.15, -0.1) is 0 Å². The van der Waals surface area contributed by atoms with Crippen LogP contribution < -0.4 is 14.8 Å². The van der Waals surface area contributed by atoms with Crippen molar-refractivity contribution < 1.29 is 18.3 Å². The summed E-state index contributed by atoms with van der Waals surface area (Å²) in [6, 6.07) is 7.70. The van der Waals surface area contributed by atoms with E-state index in [4.69, 9.17) is 9.47 Å². The standard InChI is InChI=1S/C14H10BrF2NO2/c15-9-4-12(11(17)5-10(9)16)18-6-8-1-2-13-14(3-8)20-7-19-13/h1-5,18H,6-7H2. The Bertz CT molecular complexity index is 664. The molecule has 1 aliphatic heterocycles. The van der Waals surface area contributed by atoms with Gasteiger partial charge in [-0.25, -0.2) is 8.78 Å². The molecule has 0 unspecified atom stereocenters. The molecule has 0 spiro atoms. The number of hydrogen-bond donors (Lipinski definition) is 1. The Kier molecular flexibility index (Phi) is 3.48. The Labute approximate surface area is 122 Å². The van der Waals surface area contributed by atoms with Crippen LogP contribution >= 0.6 is 15.9 Å². The second kappa shape index (κ2) is 5.28. The van der Waals surface area contributed by atoms with Gasteiger partial charge in [0.05, 0.1) is 10.2 Å². The fourth-order valence-electron chi connectivity index (χ4n) is 1.91. The molecule has 0 bridgehead atoms. The number of benzene rings is 2. The number of anilines is 1. The highest BCUT2D eigenvalue weighted by molar-refractivity contribution is 9.10. The molecule has 104 valence electrons. The van der Waals surface area contributed by atoms with E-state index in [0.717, 1.165) is 11.6 Å². The normalized spacial score (nSPS) is 12.6. The zero-order valence-corrected chi connectivity index (χ0v) is 11.8. The molecule has 6 heteroatoms. The molecule has 0 saturated carbocycles. The predicted molar refractivity (Wildman–Crippen MR) is 73.9 cm³/mol. The van der Waals surface area contributed by atoms with Crippen molar-refractivity contribution in [2.24, 2.45) is 0 Å². The third kappa shape index (κ3) is 2.56. The van der Waals surface area contributed by atoms with Gasteiger partial charge in [-0.1, -0.05) is 6.07 Å². The first-order valence-electron chi connectivity index (χ1n) is 5.90. The zero-order valence-electron chi connectivity index (χ0n) is 10.3. The van der Waals surface area contributed by atoms with Crippen LogP contribution in [0.4, 0.5) is 14.5 Å². The summed E-state index contributed by atoms with van der Waals surface area (Å²) in [5, 5.41) is 2.92. The molecule has 3 rings (SSSR count). The monoisotopic (exact) mass is 341 g/mol. The molecule has 1 aliphatic rings. The summed E-state index contributed by atoms with van der Waals surface area (Å²) in [7, 11) is 0. The van der Waals surface area contributed by atoms with E-state index in [1.165, 1.54) is 6.07 Å². The van der Waals surface area contributed by atoms with Crippen LogP contribution in [0.1, 0.15) is 5.56 Å². The van der Waals surface area contributed by atoms with Gasteiger partial charge in [-0.3, -0.25) is 0 Å². The summed E-state index contributed by atoms with van der Waals surface area (Å²) < 4.78 is 37.4. The molecule has 20 heavy (non-hydrogen) atoms. The third-order valence-electron chi connectivity index (χ3n) is 2.93. The first kappa shape index (κ1) is 13.2. The number of rotatable bonds is 3. The highest BCUT2D eigenvalue weighted by Gasteiger charge is 2.13. The first-order chi connectivity index (χ1) is 9.63. The molecule has 2 aromatic rings. The Balaban J connectivity index is 1.75. The van der Waals surface area contributed by atoms with Crippen LogP contribution in [0, 0.1) is 11.6 Å². The lowest BCUT2D eigenvalue weighted by Crippen LogP contribution is -2.02. The molecule has 1 N–H and O–H groups in total. The van der Waals surface area contributed by atoms with E-state index in [9.17, 15) is 8.78 Å². The van der Waals surface area contributed by atoms with Crippen molar-refractivity contribution in [3.8, 4) is 11.5 Å². The lowest BCUT2D eigenvalue weighted by Gasteiger charge is -2.09.